The molecule has 23 heavy (non-hydrogen) atoms. The number of nitrogens with one attached hydrogen (secondary N) is 1. The Balaban J connectivity index is 1.86. The van der Waals surface area contributed by atoms with Gasteiger partial charge >= 0.3 is 10.2 Å². The van der Waals surface area contributed by atoms with Gasteiger partial charge in [0.15, 0.2) is 0 Å². The van der Waals surface area contributed by atoms with Crippen LogP contribution in [0.2, 0.25) is 5.02 Å². The van der Waals surface area contributed by atoms with Crippen molar-refractivity contribution in [3.05, 3.63) is 58.6 Å². The molecule has 2 N–H and O–H groups in total. The van der Waals surface area contributed by atoms with E-state index in [2.05, 4.69) is 0 Å². The van der Waals surface area contributed by atoms with Crippen molar-refractivity contribution in [2.75, 3.05) is 10.8 Å². The first kappa shape index (κ1) is 15.6. The largest absolute Gasteiger partial charge is 0.506 e. The number of aromatic hydroxyl groups is 1. The molecule has 0 atom stereocenters. The van der Waals surface area contributed by atoms with Crippen LogP contribution in [-0.4, -0.2) is 26.0 Å². The highest BCUT2D eigenvalue weighted by Crippen LogP contribution is 2.32. The van der Waals surface area contributed by atoms with Gasteiger partial charge in [0, 0.05) is 5.02 Å². The van der Waals surface area contributed by atoms with Gasteiger partial charge in [-0.2, -0.15) is 8.42 Å². The maximum atomic E-state index is 11.8. The molecule has 0 spiro atoms. The Hall–Kier alpha value is -2.25. The van der Waals surface area contributed by atoms with Crippen LogP contribution >= 0.6 is 11.6 Å². The summed E-state index contributed by atoms with van der Waals surface area (Å²) < 4.78 is 26.3. The fraction of sp³-hybridized carbons (Fsp3) is 0.133. The minimum Gasteiger partial charge on any atom is -0.506 e. The van der Waals surface area contributed by atoms with Crippen molar-refractivity contribution in [1.29, 1.82) is 0 Å². The zero-order chi connectivity index (χ0) is 16.6. The van der Waals surface area contributed by atoms with E-state index < -0.39 is 16.1 Å². The van der Waals surface area contributed by atoms with Crippen molar-refractivity contribution in [2.24, 2.45) is 0 Å². The lowest BCUT2D eigenvalue weighted by Gasteiger charge is -2.16. The average molecular weight is 353 g/mol. The third-order valence-electron chi connectivity index (χ3n) is 3.45. The normalized spacial score (nSPS) is 16.4. The average Bonchev–Trinajstić information content (AvgIpc) is 2.74. The van der Waals surface area contributed by atoms with Crippen LogP contribution in [0.25, 0.3) is 0 Å². The summed E-state index contributed by atoms with van der Waals surface area (Å²) in [4.78, 5) is 11.3. The van der Waals surface area contributed by atoms with Gasteiger partial charge < -0.3 is 5.11 Å². The molecule has 1 heterocycles. The van der Waals surface area contributed by atoms with Gasteiger partial charge in [0.05, 0.1) is 5.69 Å². The zero-order valence-electron chi connectivity index (χ0n) is 11.9. The van der Waals surface area contributed by atoms with E-state index in [1.165, 1.54) is 12.1 Å². The van der Waals surface area contributed by atoms with Gasteiger partial charge in [-0.3, -0.25) is 4.79 Å². The van der Waals surface area contributed by atoms with Crippen molar-refractivity contribution in [3.63, 3.8) is 0 Å². The number of benzene rings is 2. The van der Waals surface area contributed by atoms with Gasteiger partial charge in [-0.25, -0.2) is 9.03 Å². The minimum absolute atomic E-state index is 0.0724. The van der Waals surface area contributed by atoms with E-state index in [0.29, 0.717) is 11.4 Å². The number of nitrogens with zero attached hydrogens (tertiary/aromatic N) is 1. The second-order valence-electron chi connectivity index (χ2n) is 5.16. The molecule has 6 nitrogen and oxygen atoms in total. The number of halogens is 1. The van der Waals surface area contributed by atoms with Crippen LogP contribution < -0.4 is 9.03 Å². The van der Waals surface area contributed by atoms with Gasteiger partial charge in [-0.15, -0.1) is 0 Å². The molecule has 1 aliphatic heterocycles. The molecule has 2 aromatic carbocycles. The van der Waals surface area contributed by atoms with E-state index in [-0.39, 0.29) is 18.0 Å². The van der Waals surface area contributed by atoms with Crippen LogP contribution in [-0.2, 0) is 21.4 Å². The molecule has 0 aliphatic carbocycles. The SMILES string of the molecule is O=C1CN(c2ccc(Cc3ccc(Cl)cc3)cc2O)S(=O)(=O)N1. The van der Waals surface area contributed by atoms with Crippen LogP contribution in [0.3, 0.4) is 0 Å². The third kappa shape index (κ3) is 3.25. The Kier molecular flexibility index (Phi) is 3.91. The number of hydrogen-bond acceptors (Lipinski definition) is 4. The second-order valence-corrected chi connectivity index (χ2v) is 7.19. The molecule has 1 amide bonds. The molecule has 1 saturated heterocycles. The molecule has 120 valence electrons. The number of hydrogen-bond donors (Lipinski definition) is 2. The predicted octanol–water partition coefficient (Wildman–Crippen LogP) is 1.82. The molecule has 2 aromatic rings. The Labute approximate surface area is 138 Å². The Morgan fingerprint density at radius 1 is 1.13 bits per heavy atom. The number of phenols is 1. The maximum absolute atomic E-state index is 11.8. The summed E-state index contributed by atoms with van der Waals surface area (Å²) in [5.74, 6) is -0.828. The smallest absolute Gasteiger partial charge is 0.326 e. The van der Waals surface area contributed by atoms with E-state index in [4.69, 9.17) is 11.6 Å². The van der Waals surface area contributed by atoms with Crippen LogP contribution in [0.1, 0.15) is 11.1 Å². The Morgan fingerprint density at radius 3 is 2.35 bits per heavy atom. The molecule has 8 heteroatoms. The summed E-state index contributed by atoms with van der Waals surface area (Å²) >= 11 is 5.84. The monoisotopic (exact) mass is 352 g/mol. The second kappa shape index (κ2) is 5.75. The predicted molar refractivity (Wildman–Crippen MR) is 86.8 cm³/mol. The lowest BCUT2D eigenvalue weighted by Crippen LogP contribution is -2.29. The summed E-state index contributed by atoms with van der Waals surface area (Å²) in [5, 5.41) is 10.8. The van der Waals surface area contributed by atoms with Crippen molar-refractivity contribution in [2.45, 2.75) is 6.42 Å². The number of phenolic OH excluding ortho intramolecular Hbond substituents is 1. The first-order valence-electron chi connectivity index (χ1n) is 6.75. The minimum atomic E-state index is -3.93. The number of amides is 1. The molecule has 0 unspecified atom stereocenters. The quantitative estimate of drug-likeness (QED) is 0.882. The van der Waals surface area contributed by atoms with E-state index in [1.807, 2.05) is 16.9 Å². The first-order valence-corrected chi connectivity index (χ1v) is 8.56. The van der Waals surface area contributed by atoms with Crippen molar-refractivity contribution in [3.8, 4) is 5.75 Å². The summed E-state index contributed by atoms with van der Waals surface area (Å²) in [6, 6.07) is 12.0. The molecule has 1 fully saturated rings. The zero-order valence-corrected chi connectivity index (χ0v) is 13.4. The summed E-state index contributed by atoms with van der Waals surface area (Å²) in [6.07, 6.45) is 0.564. The number of carbonyl (C=O) groups is 1. The van der Waals surface area contributed by atoms with Gasteiger partial charge in [0.25, 0.3) is 5.91 Å². The Bertz CT molecular complexity index is 866. The highest BCUT2D eigenvalue weighted by Gasteiger charge is 2.35. The summed E-state index contributed by atoms with van der Waals surface area (Å²) in [5.41, 5.74) is 1.89. The molecule has 3 rings (SSSR count). The first-order chi connectivity index (χ1) is 10.8. The lowest BCUT2D eigenvalue weighted by molar-refractivity contribution is -0.117. The van der Waals surface area contributed by atoms with Crippen LogP contribution in [0.4, 0.5) is 5.69 Å². The molecule has 0 aromatic heterocycles. The van der Waals surface area contributed by atoms with Gasteiger partial charge in [0.2, 0.25) is 0 Å². The Morgan fingerprint density at radius 2 is 1.78 bits per heavy atom. The molecule has 1 aliphatic rings. The summed E-state index contributed by atoms with van der Waals surface area (Å²) in [7, 11) is -3.93. The number of anilines is 1. The van der Waals surface area contributed by atoms with Crippen LogP contribution in [0.5, 0.6) is 5.75 Å². The van der Waals surface area contributed by atoms with Gasteiger partial charge in [-0.05, 0) is 41.8 Å². The molecular weight excluding hydrogens is 340 g/mol. The number of carbonyl (C=O) groups excluding carboxylic acids is 1. The fourth-order valence-corrected chi connectivity index (χ4v) is 3.68. The standard InChI is InChI=1S/C15H13ClN2O4S/c16-12-4-1-10(2-5-12)7-11-3-6-13(14(19)8-11)18-9-15(20)17-23(18,21)22/h1-6,8,19H,7,9H2,(H,17,20). The van der Waals surface area contributed by atoms with E-state index in [1.54, 1.807) is 18.2 Å². The summed E-state index contributed by atoms with van der Waals surface area (Å²) in [6.45, 7) is -0.341. The van der Waals surface area contributed by atoms with Gasteiger partial charge in [0.1, 0.15) is 12.3 Å². The van der Waals surface area contributed by atoms with E-state index in [0.717, 1.165) is 15.4 Å². The number of rotatable bonds is 3. The highest BCUT2D eigenvalue weighted by atomic mass is 35.5. The topological polar surface area (TPSA) is 86.7 Å². The fourth-order valence-electron chi connectivity index (χ4n) is 2.39. The van der Waals surface area contributed by atoms with Crippen molar-refractivity contribution >= 4 is 33.4 Å². The molecule has 0 saturated carbocycles. The van der Waals surface area contributed by atoms with Crippen LogP contribution in [0.15, 0.2) is 42.5 Å². The lowest BCUT2D eigenvalue weighted by atomic mass is 10.0. The van der Waals surface area contributed by atoms with E-state index in [9.17, 15) is 18.3 Å². The van der Waals surface area contributed by atoms with E-state index >= 15 is 0 Å². The van der Waals surface area contributed by atoms with Crippen molar-refractivity contribution < 1.29 is 18.3 Å². The maximum Gasteiger partial charge on any atom is 0.326 e. The highest BCUT2D eigenvalue weighted by molar-refractivity contribution is 7.92. The van der Waals surface area contributed by atoms with Gasteiger partial charge in [-0.1, -0.05) is 29.8 Å². The molecule has 0 radical (unpaired) electrons. The van der Waals surface area contributed by atoms with Crippen molar-refractivity contribution in [1.82, 2.24) is 4.72 Å². The molecule has 0 bridgehead atoms. The third-order valence-corrected chi connectivity index (χ3v) is 5.09. The van der Waals surface area contributed by atoms with Crippen LogP contribution in [0, 0.1) is 0 Å². The molecular formula is C15H13ClN2O4S.